The minimum absolute atomic E-state index is 0.106. The van der Waals surface area contributed by atoms with Crippen molar-refractivity contribution in [2.45, 2.75) is 19.8 Å². The van der Waals surface area contributed by atoms with Crippen LogP contribution >= 0.6 is 0 Å². The van der Waals surface area contributed by atoms with Crippen molar-refractivity contribution in [1.82, 2.24) is 10.2 Å². The number of H-pyrrole nitrogens is 2. The van der Waals surface area contributed by atoms with E-state index < -0.39 is 0 Å². The summed E-state index contributed by atoms with van der Waals surface area (Å²) >= 11 is 0. The van der Waals surface area contributed by atoms with Gasteiger partial charge in [0, 0.05) is 18.3 Å². The van der Waals surface area contributed by atoms with Crippen LogP contribution in [0.5, 0.6) is 0 Å². The van der Waals surface area contributed by atoms with Crippen LogP contribution in [-0.4, -0.2) is 16.7 Å². The van der Waals surface area contributed by atoms with Crippen molar-refractivity contribution in [1.29, 1.82) is 0 Å². The Hall–Kier alpha value is -1.97. The van der Waals surface area contributed by atoms with Crippen molar-refractivity contribution in [3.63, 3.8) is 0 Å². The fourth-order valence-corrected chi connectivity index (χ4v) is 1.66. The van der Waals surface area contributed by atoms with E-state index in [0.29, 0.717) is 0 Å². The highest BCUT2D eigenvalue weighted by atomic mass is 16.1. The second-order valence-electron chi connectivity index (χ2n) is 4.03. The van der Waals surface area contributed by atoms with Gasteiger partial charge in [-0.3, -0.25) is 15.0 Å². The van der Waals surface area contributed by atoms with Gasteiger partial charge in [-0.05, 0) is 24.1 Å². The largest absolute Gasteiger partial charge is 0.385 e. The van der Waals surface area contributed by atoms with E-state index in [9.17, 15) is 4.79 Å². The number of hydrogen-bond acceptors (Lipinski definition) is 2. The van der Waals surface area contributed by atoms with Gasteiger partial charge in [0.1, 0.15) is 0 Å². The predicted octanol–water partition coefficient (Wildman–Crippen LogP) is 2.58. The van der Waals surface area contributed by atoms with E-state index in [1.54, 1.807) is 6.07 Å². The van der Waals surface area contributed by atoms with Crippen LogP contribution in [0.25, 0.3) is 11.3 Å². The van der Waals surface area contributed by atoms with E-state index in [4.69, 9.17) is 0 Å². The summed E-state index contributed by atoms with van der Waals surface area (Å²) in [6.07, 6.45) is 2.36. The first-order chi connectivity index (χ1) is 8.29. The Kier molecular flexibility index (Phi) is 3.65. The average Bonchev–Trinajstić information content (AvgIpc) is 2.77. The maximum atomic E-state index is 11.0. The molecular formula is C13H17N3O. The Morgan fingerprint density at radius 3 is 2.53 bits per heavy atom. The monoisotopic (exact) mass is 231 g/mol. The molecule has 4 heteroatoms. The van der Waals surface area contributed by atoms with Crippen molar-refractivity contribution < 1.29 is 0 Å². The van der Waals surface area contributed by atoms with Crippen molar-refractivity contribution >= 4 is 5.69 Å². The summed E-state index contributed by atoms with van der Waals surface area (Å²) < 4.78 is 0. The van der Waals surface area contributed by atoms with E-state index in [0.717, 1.165) is 23.5 Å². The molecule has 4 nitrogen and oxygen atoms in total. The number of aromatic nitrogens is 2. The van der Waals surface area contributed by atoms with Gasteiger partial charge in [-0.1, -0.05) is 25.5 Å². The molecule has 90 valence electrons. The lowest BCUT2D eigenvalue weighted by atomic mass is 10.1. The molecule has 0 radical (unpaired) electrons. The summed E-state index contributed by atoms with van der Waals surface area (Å²) in [5.41, 5.74) is 2.82. The lowest BCUT2D eigenvalue weighted by Crippen LogP contribution is -2.00. The number of benzene rings is 1. The van der Waals surface area contributed by atoms with E-state index >= 15 is 0 Å². The van der Waals surface area contributed by atoms with Crippen LogP contribution in [0.2, 0.25) is 0 Å². The second-order valence-corrected chi connectivity index (χ2v) is 4.03. The van der Waals surface area contributed by atoms with Crippen molar-refractivity contribution in [2.24, 2.45) is 0 Å². The molecule has 17 heavy (non-hydrogen) atoms. The van der Waals surface area contributed by atoms with Gasteiger partial charge in [0.15, 0.2) is 0 Å². The zero-order valence-corrected chi connectivity index (χ0v) is 9.92. The van der Waals surface area contributed by atoms with E-state index in [-0.39, 0.29) is 5.56 Å². The number of unbranched alkanes of at least 4 members (excludes halogenated alkanes) is 1. The molecule has 0 bridgehead atoms. The molecule has 2 aromatic rings. The van der Waals surface area contributed by atoms with Gasteiger partial charge in [-0.15, -0.1) is 0 Å². The lowest BCUT2D eigenvalue weighted by Gasteiger charge is -2.05. The summed E-state index contributed by atoms with van der Waals surface area (Å²) in [4.78, 5) is 11.0. The van der Waals surface area contributed by atoms with Gasteiger partial charge in [0.25, 0.3) is 5.56 Å². The van der Waals surface area contributed by atoms with Gasteiger partial charge in [0.2, 0.25) is 0 Å². The smallest absolute Gasteiger partial charge is 0.264 e. The van der Waals surface area contributed by atoms with Gasteiger partial charge in [-0.2, -0.15) is 0 Å². The zero-order valence-electron chi connectivity index (χ0n) is 9.92. The quantitative estimate of drug-likeness (QED) is 0.693. The first-order valence-corrected chi connectivity index (χ1v) is 5.91. The Morgan fingerprint density at radius 2 is 1.94 bits per heavy atom. The first kappa shape index (κ1) is 11.5. The fraction of sp³-hybridized carbons (Fsp3) is 0.308. The highest BCUT2D eigenvalue weighted by Gasteiger charge is 2.00. The molecule has 0 aliphatic rings. The van der Waals surface area contributed by atoms with Crippen LogP contribution in [0, 0.1) is 0 Å². The minimum Gasteiger partial charge on any atom is -0.385 e. The lowest BCUT2D eigenvalue weighted by molar-refractivity contribution is 0.834. The third-order valence-corrected chi connectivity index (χ3v) is 2.65. The van der Waals surface area contributed by atoms with E-state index in [1.165, 1.54) is 12.8 Å². The van der Waals surface area contributed by atoms with Gasteiger partial charge < -0.3 is 5.32 Å². The Balaban J connectivity index is 2.05. The van der Waals surface area contributed by atoms with E-state index in [2.05, 4.69) is 22.4 Å². The minimum atomic E-state index is -0.106. The van der Waals surface area contributed by atoms with Crippen LogP contribution in [0.1, 0.15) is 19.8 Å². The molecule has 0 amide bonds. The molecule has 1 heterocycles. The number of aromatic amines is 2. The van der Waals surface area contributed by atoms with Crippen LogP contribution in [0.3, 0.4) is 0 Å². The molecule has 0 aliphatic heterocycles. The molecule has 0 fully saturated rings. The summed E-state index contributed by atoms with van der Waals surface area (Å²) in [5, 5.41) is 8.71. The number of rotatable bonds is 5. The summed E-state index contributed by atoms with van der Waals surface area (Å²) in [7, 11) is 0. The maximum absolute atomic E-state index is 11.0. The van der Waals surface area contributed by atoms with E-state index in [1.807, 2.05) is 24.3 Å². The van der Waals surface area contributed by atoms with Gasteiger partial charge >= 0.3 is 0 Å². The molecular weight excluding hydrogens is 214 g/mol. The molecule has 1 aromatic carbocycles. The van der Waals surface area contributed by atoms with Crippen LogP contribution in [0.15, 0.2) is 35.1 Å². The number of anilines is 1. The van der Waals surface area contributed by atoms with Crippen LogP contribution < -0.4 is 10.9 Å². The SMILES string of the molecule is CCCCNc1ccc(-c2cc(=O)[nH][nH]2)cc1. The topological polar surface area (TPSA) is 60.7 Å². The maximum Gasteiger partial charge on any atom is 0.264 e. The van der Waals surface area contributed by atoms with Gasteiger partial charge in [-0.25, -0.2) is 0 Å². The van der Waals surface area contributed by atoms with Crippen molar-refractivity contribution in [3.8, 4) is 11.3 Å². The Morgan fingerprint density at radius 1 is 1.18 bits per heavy atom. The predicted molar refractivity (Wildman–Crippen MR) is 70.2 cm³/mol. The first-order valence-electron chi connectivity index (χ1n) is 5.91. The highest BCUT2D eigenvalue weighted by Crippen LogP contribution is 2.17. The zero-order chi connectivity index (χ0) is 12.1. The third-order valence-electron chi connectivity index (χ3n) is 2.65. The Labute approximate surface area is 100 Å². The molecule has 0 aliphatic carbocycles. The third kappa shape index (κ3) is 3.00. The summed E-state index contributed by atoms with van der Waals surface area (Å²) in [6, 6.07) is 9.59. The molecule has 3 N–H and O–H groups in total. The van der Waals surface area contributed by atoms with Crippen LogP contribution in [0.4, 0.5) is 5.69 Å². The molecule has 0 saturated heterocycles. The van der Waals surface area contributed by atoms with Crippen LogP contribution in [-0.2, 0) is 0 Å². The molecule has 0 atom stereocenters. The molecule has 0 unspecified atom stereocenters. The number of nitrogens with one attached hydrogen (secondary N) is 3. The molecule has 0 spiro atoms. The Bertz CT molecular complexity index is 510. The summed E-state index contributed by atoms with van der Waals surface area (Å²) in [6.45, 7) is 3.17. The summed E-state index contributed by atoms with van der Waals surface area (Å²) in [5.74, 6) is 0. The highest BCUT2D eigenvalue weighted by molar-refractivity contribution is 5.62. The second kappa shape index (κ2) is 5.39. The van der Waals surface area contributed by atoms with Crippen molar-refractivity contribution in [2.75, 3.05) is 11.9 Å². The van der Waals surface area contributed by atoms with Crippen molar-refractivity contribution in [3.05, 3.63) is 40.7 Å². The standard InChI is InChI=1S/C13H17N3O/c1-2-3-8-14-11-6-4-10(5-7-11)12-9-13(17)16-15-12/h4-7,9,14H,2-3,8H2,1H3,(H2,15,16,17). The number of hydrogen-bond donors (Lipinski definition) is 3. The molecule has 0 saturated carbocycles. The van der Waals surface area contributed by atoms with Gasteiger partial charge in [0.05, 0.1) is 5.69 Å². The molecule has 2 rings (SSSR count). The molecule has 1 aromatic heterocycles. The normalized spacial score (nSPS) is 10.4. The average molecular weight is 231 g/mol. The fourth-order valence-electron chi connectivity index (χ4n) is 1.66.